The number of nitrogens with one attached hydrogen (secondary N) is 1. The molecule has 7 nitrogen and oxygen atoms in total. The third kappa shape index (κ3) is 3.28. The van der Waals surface area contributed by atoms with E-state index in [2.05, 4.69) is 10.3 Å². The second kappa shape index (κ2) is 6.88. The minimum atomic E-state index is -0.885. The fraction of sp³-hybridized carbons (Fsp3) is 0.625. The van der Waals surface area contributed by atoms with Gasteiger partial charge in [-0.05, 0) is 38.0 Å². The molecule has 130 valence electrons. The van der Waals surface area contributed by atoms with Crippen LogP contribution in [0.15, 0.2) is 5.38 Å². The van der Waals surface area contributed by atoms with E-state index in [4.69, 9.17) is 4.74 Å². The molecule has 0 radical (unpaired) electrons. The van der Waals surface area contributed by atoms with Gasteiger partial charge in [0.05, 0.1) is 30.6 Å². The number of rotatable bonds is 6. The highest BCUT2D eigenvalue weighted by atomic mass is 32.1. The van der Waals surface area contributed by atoms with E-state index in [9.17, 15) is 19.5 Å². The highest BCUT2D eigenvalue weighted by Gasteiger charge is 2.54. The summed E-state index contributed by atoms with van der Waals surface area (Å²) in [6.07, 6.45) is 2.69. The monoisotopic (exact) mass is 352 g/mol. The van der Waals surface area contributed by atoms with Crippen molar-refractivity contribution in [2.75, 3.05) is 11.9 Å². The molecule has 1 aromatic heterocycles. The second-order valence-electron chi connectivity index (χ2n) is 6.34. The van der Waals surface area contributed by atoms with Gasteiger partial charge < -0.3 is 15.2 Å². The number of anilines is 1. The van der Waals surface area contributed by atoms with Gasteiger partial charge in [-0.15, -0.1) is 11.3 Å². The van der Waals surface area contributed by atoms with Crippen LogP contribution in [-0.2, 0) is 25.5 Å². The van der Waals surface area contributed by atoms with E-state index in [-0.39, 0.29) is 30.1 Å². The maximum Gasteiger partial charge on any atom is 0.311 e. The molecule has 2 fully saturated rings. The molecule has 2 N–H and O–H groups in total. The van der Waals surface area contributed by atoms with E-state index in [0.717, 1.165) is 19.3 Å². The molecule has 24 heavy (non-hydrogen) atoms. The van der Waals surface area contributed by atoms with Gasteiger partial charge in [-0.2, -0.15) is 0 Å². The van der Waals surface area contributed by atoms with Gasteiger partial charge >= 0.3 is 11.9 Å². The van der Waals surface area contributed by atoms with Crippen LogP contribution in [0.3, 0.4) is 0 Å². The predicted octanol–water partition coefficient (Wildman–Crippen LogP) is 1.93. The Labute approximate surface area is 143 Å². The smallest absolute Gasteiger partial charge is 0.311 e. The van der Waals surface area contributed by atoms with E-state index >= 15 is 0 Å². The average molecular weight is 352 g/mol. The molecule has 0 spiro atoms. The number of hydrogen-bond donors (Lipinski definition) is 2. The topological polar surface area (TPSA) is 106 Å². The molecule has 2 aliphatic carbocycles. The van der Waals surface area contributed by atoms with Gasteiger partial charge in [0.25, 0.3) is 0 Å². The molecule has 0 unspecified atom stereocenters. The third-order valence-corrected chi connectivity index (χ3v) is 5.72. The number of carbonyl (C=O) groups excluding carboxylic acids is 2. The van der Waals surface area contributed by atoms with Gasteiger partial charge in [0.1, 0.15) is 0 Å². The number of nitrogens with zero attached hydrogens (tertiary/aromatic N) is 1. The summed E-state index contributed by atoms with van der Waals surface area (Å²) in [6.45, 7) is 2.05. The Kier molecular flexibility index (Phi) is 4.84. The first-order chi connectivity index (χ1) is 11.5. The van der Waals surface area contributed by atoms with Crippen LogP contribution in [0.4, 0.5) is 5.13 Å². The van der Waals surface area contributed by atoms with Crippen molar-refractivity contribution in [1.82, 2.24) is 4.98 Å². The summed E-state index contributed by atoms with van der Waals surface area (Å²) in [5.41, 5.74) is 0.538. The quantitative estimate of drug-likeness (QED) is 0.758. The molecular weight excluding hydrogens is 332 g/mol. The molecule has 2 bridgehead atoms. The minimum Gasteiger partial charge on any atom is -0.481 e. The Morgan fingerprint density at radius 1 is 1.33 bits per heavy atom. The van der Waals surface area contributed by atoms with Crippen LogP contribution < -0.4 is 5.32 Å². The zero-order valence-electron chi connectivity index (χ0n) is 13.4. The lowest BCUT2D eigenvalue weighted by Crippen LogP contribution is -2.37. The van der Waals surface area contributed by atoms with Crippen molar-refractivity contribution in [3.05, 3.63) is 11.1 Å². The number of carbonyl (C=O) groups is 3. The predicted molar refractivity (Wildman–Crippen MR) is 86.5 cm³/mol. The summed E-state index contributed by atoms with van der Waals surface area (Å²) >= 11 is 1.23. The van der Waals surface area contributed by atoms with Crippen molar-refractivity contribution in [3.63, 3.8) is 0 Å². The molecule has 3 rings (SSSR count). The third-order valence-electron chi connectivity index (χ3n) is 4.92. The lowest BCUT2D eigenvalue weighted by molar-refractivity contribution is -0.148. The van der Waals surface area contributed by atoms with Crippen LogP contribution in [0.2, 0.25) is 0 Å². The zero-order valence-corrected chi connectivity index (χ0v) is 14.2. The van der Waals surface area contributed by atoms with Crippen molar-refractivity contribution in [3.8, 4) is 0 Å². The number of thiazole rings is 1. The molecule has 4 atom stereocenters. The van der Waals surface area contributed by atoms with Gasteiger partial charge in [0.15, 0.2) is 5.13 Å². The molecule has 2 saturated carbocycles. The first-order valence-corrected chi connectivity index (χ1v) is 9.01. The zero-order chi connectivity index (χ0) is 17.3. The van der Waals surface area contributed by atoms with Gasteiger partial charge in [-0.1, -0.05) is 0 Å². The highest BCUT2D eigenvalue weighted by molar-refractivity contribution is 7.13. The van der Waals surface area contributed by atoms with Crippen molar-refractivity contribution in [1.29, 1.82) is 0 Å². The standard InChI is InChI=1S/C16H20N2O5S/c1-2-23-11(19)6-10-7-24-16(17-10)18-14(20)12-8-3-4-9(5-8)13(12)15(21)22/h7-9,12-13H,2-6H2,1H3,(H,21,22)(H,17,18,20)/t8-,9+,12+,13+/m0/s1. The minimum absolute atomic E-state index is 0.0616. The average Bonchev–Trinajstić information content (AvgIpc) is 3.22. The summed E-state index contributed by atoms with van der Waals surface area (Å²) < 4.78 is 4.86. The Morgan fingerprint density at radius 2 is 2.04 bits per heavy atom. The number of amides is 1. The molecular formula is C16H20N2O5S. The molecule has 1 amide bonds. The van der Waals surface area contributed by atoms with Crippen LogP contribution in [0.1, 0.15) is 31.9 Å². The fourth-order valence-corrected chi connectivity index (χ4v) is 4.73. The van der Waals surface area contributed by atoms with E-state index in [1.54, 1.807) is 12.3 Å². The van der Waals surface area contributed by atoms with Crippen molar-refractivity contribution in [2.45, 2.75) is 32.6 Å². The van der Waals surface area contributed by atoms with Gasteiger partial charge in [0.2, 0.25) is 5.91 Å². The number of hydrogen-bond acceptors (Lipinski definition) is 6. The van der Waals surface area contributed by atoms with Crippen LogP contribution in [0, 0.1) is 23.7 Å². The van der Waals surface area contributed by atoms with E-state index in [1.165, 1.54) is 11.3 Å². The number of aromatic nitrogens is 1. The Morgan fingerprint density at radius 3 is 2.71 bits per heavy atom. The molecule has 1 heterocycles. The second-order valence-corrected chi connectivity index (χ2v) is 7.20. The molecule has 0 saturated heterocycles. The maximum absolute atomic E-state index is 12.6. The number of carboxylic acid groups (broad SMARTS) is 1. The maximum atomic E-state index is 12.6. The lowest BCUT2D eigenvalue weighted by atomic mass is 9.79. The summed E-state index contributed by atoms with van der Waals surface area (Å²) in [5, 5.41) is 14.3. The fourth-order valence-electron chi connectivity index (χ4n) is 4.02. The number of ether oxygens (including phenoxy) is 1. The number of esters is 1. The largest absolute Gasteiger partial charge is 0.481 e. The van der Waals surface area contributed by atoms with E-state index in [0.29, 0.717) is 17.4 Å². The highest BCUT2D eigenvalue weighted by Crippen LogP contribution is 2.52. The molecule has 1 aromatic rings. The van der Waals surface area contributed by atoms with Crippen molar-refractivity contribution < 1.29 is 24.2 Å². The van der Waals surface area contributed by atoms with Crippen LogP contribution >= 0.6 is 11.3 Å². The van der Waals surface area contributed by atoms with Gasteiger partial charge in [-0.3, -0.25) is 14.4 Å². The normalized spacial score (nSPS) is 27.9. The summed E-state index contributed by atoms with van der Waals surface area (Å²) in [4.78, 5) is 39.7. The Balaban J connectivity index is 1.64. The van der Waals surface area contributed by atoms with Crippen LogP contribution in [-0.4, -0.2) is 34.5 Å². The molecule has 0 aromatic carbocycles. The molecule has 8 heteroatoms. The lowest BCUT2D eigenvalue weighted by Gasteiger charge is -2.26. The first kappa shape index (κ1) is 16.9. The SMILES string of the molecule is CCOC(=O)Cc1csc(NC(=O)[C@@H]2[C@H]3CC[C@H](C3)[C@H]2C(=O)O)n1. The van der Waals surface area contributed by atoms with Gasteiger partial charge in [0, 0.05) is 5.38 Å². The summed E-state index contributed by atoms with van der Waals surface area (Å²) in [7, 11) is 0. The van der Waals surface area contributed by atoms with E-state index < -0.39 is 17.8 Å². The number of carboxylic acids is 1. The van der Waals surface area contributed by atoms with Crippen molar-refractivity contribution in [2.24, 2.45) is 23.7 Å². The molecule has 2 aliphatic rings. The van der Waals surface area contributed by atoms with Crippen LogP contribution in [0.5, 0.6) is 0 Å². The number of fused-ring (bicyclic) bond motifs is 2. The first-order valence-electron chi connectivity index (χ1n) is 8.13. The summed E-state index contributed by atoms with van der Waals surface area (Å²) in [6, 6.07) is 0. The molecule has 0 aliphatic heterocycles. The van der Waals surface area contributed by atoms with E-state index in [1.807, 2.05) is 0 Å². The van der Waals surface area contributed by atoms with Crippen LogP contribution in [0.25, 0.3) is 0 Å². The van der Waals surface area contributed by atoms with Gasteiger partial charge in [-0.25, -0.2) is 4.98 Å². The Bertz CT molecular complexity index is 659. The summed E-state index contributed by atoms with van der Waals surface area (Å²) in [5.74, 6) is -2.34. The van der Waals surface area contributed by atoms with Crippen molar-refractivity contribution >= 4 is 34.3 Å². The number of aliphatic carboxylic acids is 1. The Hall–Kier alpha value is -1.96.